The van der Waals surface area contributed by atoms with Crippen molar-refractivity contribution in [2.75, 3.05) is 0 Å². The van der Waals surface area contributed by atoms with E-state index in [1.54, 1.807) is 0 Å². The SMILES string of the molecule is C=CCC1CCC(c2cc(F)c(C(=O)O)c(F)c2-c2cc(F)c(F)c(F)c2)CC1. The highest BCUT2D eigenvalue weighted by Gasteiger charge is 2.30. The lowest BCUT2D eigenvalue weighted by Crippen LogP contribution is -2.16. The molecule has 0 aromatic heterocycles. The van der Waals surface area contributed by atoms with Crippen molar-refractivity contribution in [3.05, 3.63) is 71.1 Å². The molecule has 154 valence electrons. The van der Waals surface area contributed by atoms with Gasteiger partial charge in [0, 0.05) is 5.56 Å². The molecule has 1 N–H and O–H groups in total. The fraction of sp³-hybridized carbons (Fsp3) is 0.318. The maximum atomic E-state index is 15.1. The van der Waals surface area contributed by atoms with E-state index in [0.717, 1.165) is 25.3 Å². The average Bonchev–Trinajstić information content (AvgIpc) is 2.66. The summed E-state index contributed by atoms with van der Waals surface area (Å²) in [5, 5.41) is 9.17. The third-order valence-corrected chi connectivity index (χ3v) is 5.52. The summed E-state index contributed by atoms with van der Waals surface area (Å²) in [7, 11) is 0. The van der Waals surface area contributed by atoms with Crippen molar-refractivity contribution >= 4 is 5.97 Å². The summed E-state index contributed by atoms with van der Waals surface area (Å²) in [5.74, 6) is -9.26. The van der Waals surface area contributed by atoms with Crippen LogP contribution in [0.2, 0.25) is 0 Å². The van der Waals surface area contributed by atoms with E-state index in [9.17, 15) is 22.4 Å². The molecule has 2 aromatic rings. The van der Waals surface area contributed by atoms with E-state index in [-0.39, 0.29) is 17.0 Å². The number of carbonyl (C=O) groups is 1. The van der Waals surface area contributed by atoms with Gasteiger partial charge in [0.2, 0.25) is 0 Å². The van der Waals surface area contributed by atoms with Gasteiger partial charge in [-0.3, -0.25) is 0 Å². The van der Waals surface area contributed by atoms with Crippen molar-refractivity contribution in [2.24, 2.45) is 5.92 Å². The van der Waals surface area contributed by atoms with Gasteiger partial charge >= 0.3 is 5.97 Å². The Hall–Kier alpha value is -2.70. The molecule has 1 aliphatic carbocycles. The fourth-order valence-corrected chi connectivity index (χ4v) is 4.09. The standard InChI is InChI=1S/C22H19F5O2/c1-2-3-11-4-6-12(7-5-11)14-10-15(23)19(22(28)29)21(27)18(14)13-8-16(24)20(26)17(25)9-13/h2,8-12H,1,3-7H2,(H,28,29). The minimum absolute atomic E-state index is 0.132. The van der Waals surface area contributed by atoms with E-state index in [1.807, 2.05) is 6.08 Å². The number of carboxylic acid groups (broad SMARTS) is 1. The maximum absolute atomic E-state index is 15.1. The van der Waals surface area contributed by atoms with Gasteiger partial charge in [0.25, 0.3) is 0 Å². The predicted molar refractivity (Wildman–Crippen MR) is 98.1 cm³/mol. The van der Waals surface area contributed by atoms with E-state index in [0.29, 0.717) is 30.9 Å². The Labute approximate surface area is 164 Å². The molecule has 0 atom stereocenters. The van der Waals surface area contributed by atoms with Crippen LogP contribution in [0.25, 0.3) is 11.1 Å². The number of aromatic carboxylic acids is 1. The lowest BCUT2D eigenvalue weighted by molar-refractivity contribution is 0.0686. The second kappa shape index (κ2) is 8.35. The smallest absolute Gasteiger partial charge is 0.341 e. The summed E-state index contributed by atoms with van der Waals surface area (Å²) in [6, 6.07) is 2.10. The molecule has 0 bridgehead atoms. The van der Waals surface area contributed by atoms with E-state index in [1.165, 1.54) is 0 Å². The number of allylic oxidation sites excluding steroid dienone is 1. The number of benzene rings is 2. The van der Waals surface area contributed by atoms with Crippen LogP contribution in [-0.2, 0) is 0 Å². The number of carboxylic acids is 1. The Balaban J connectivity index is 2.16. The molecule has 0 amide bonds. The van der Waals surface area contributed by atoms with Crippen molar-refractivity contribution in [1.29, 1.82) is 0 Å². The Morgan fingerprint density at radius 2 is 1.55 bits per heavy atom. The normalized spacial score (nSPS) is 19.2. The monoisotopic (exact) mass is 410 g/mol. The van der Waals surface area contributed by atoms with Gasteiger partial charge in [0.15, 0.2) is 17.5 Å². The highest BCUT2D eigenvalue weighted by atomic mass is 19.2. The summed E-state index contributed by atoms with van der Waals surface area (Å²) in [4.78, 5) is 11.3. The predicted octanol–water partition coefficient (Wildman–Crippen LogP) is 6.60. The van der Waals surface area contributed by atoms with Crippen LogP contribution in [0.3, 0.4) is 0 Å². The molecule has 2 nitrogen and oxygen atoms in total. The van der Waals surface area contributed by atoms with Gasteiger partial charge in [-0.25, -0.2) is 26.7 Å². The second-order valence-corrected chi connectivity index (χ2v) is 7.31. The molecule has 0 saturated heterocycles. The van der Waals surface area contributed by atoms with Gasteiger partial charge in [-0.05, 0) is 73.3 Å². The molecule has 0 unspecified atom stereocenters. The molecule has 29 heavy (non-hydrogen) atoms. The maximum Gasteiger partial charge on any atom is 0.341 e. The van der Waals surface area contributed by atoms with Gasteiger partial charge in [-0.1, -0.05) is 6.08 Å². The summed E-state index contributed by atoms with van der Waals surface area (Å²) >= 11 is 0. The van der Waals surface area contributed by atoms with Crippen LogP contribution < -0.4 is 0 Å². The van der Waals surface area contributed by atoms with Gasteiger partial charge in [0.1, 0.15) is 17.2 Å². The van der Waals surface area contributed by atoms with E-state index < -0.39 is 46.2 Å². The summed E-state index contributed by atoms with van der Waals surface area (Å²) in [6.07, 6.45) is 5.31. The summed E-state index contributed by atoms with van der Waals surface area (Å²) < 4.78 is 70.4. The van der Waals surface area contributed by atoms with Crippen LogP contribution in [0.1, 0.15) is 53.9 Å². The molecule has 3 rings (SSSR count). The van der Waals surface area contributed by atoms with Gasteiger partial charge < -0.3 is 5.11 Å². The van der Waals surface area contributed by atoms with Crippen LogP contribution in [-0.4, -0.2) is 11.1 Å². The molecule has 0 aliphatic heterocycles. The molecule has 0 spiro atoms. The molecule has 0 radical (unpaired) electrons. The van der Waals surface area contributed by atoms with Crippen LogP contribution in [0.15, 0.2) is 30.9 Å². The molecule has 1 aliphatic rings. The first kappa shape index (κ1) is 21.0. The Kier molecular flexibility index (Phi) is 6.05. The Morgan fingerprint density at radius 1 is 0.966 bits per heavy atom. The topological polar surface area (TPSA) is 37.3 Å². The van der Waals surface area contributed by atoms with Gasteiger partial charge in [0.05, 0.1) is 0 Å². The fourth-order valence-electron chi connectivity index (χ4n) is 4.09. The van der Waals surface area contributed by atoms with Crippen molar-refractivity contribution in [3.8, 4) is 11.1 Å². The first-order chi connectivity index (χ1) is 13.7. The van der Waals surface area contributed by atoms with Crippen molar-refractivity contribution in [2.45, 2.75) is 38.0 Å². The lowest BCUT2D eigenvalue weighted by atomic mass is 9.75. The molecule has 2 aromatic carbocycles. The molecule has 1 saturated carbocycles. The molecular formula is C22H19F5O2. The number of rotatable bonds is 5. The Morgan fingerprint density at radius 3 is 2.07 bits per heavy atom. The van der Waals surface area contributed by atoms with Crippen molar-refractivity contribution < 1.29 is 31.9 Å². The van der Waals surface area contributed by atoms with E-state index in [4.69, 9.17) is 5.11 Å². The molecular weight excluding hydrogens is 391 g/mol. The van der Waals surface area contributed by atoms with Crippen molar-refractivity contribution in [1.82, 2.24) is 0 Å². The van der Waals surface area contributed by atoms with Crippen LogP contribution in [0, 0.1) is 35.0 Å². The minimum atomic E-state index is -1.84. The Bertz CT molecular complexity index is 939. The zero-order chi connectivity index (χ0) is 21.3. The third kappa shape index (κ3) is 4.04. The minimum Gasteiger partial charge on any atom is -0.477 e. The van der Waals surface area contributed by atoms with Crippen LogP contribution >= 0.6 is 0 Å². The number of hydrogen-bond acceptors (Lipinski definition) is 1. The van der Waals surface area contributed by atoms with Crippen LogP contribution in [0.4, 0.5) is 22.0 Å². The first-order valence-electron chi connectivity index (χ1n) is 9.25. The molecule has 7 heteroatoms. The van der Waals surface area contributed by atoms with Crippen LogP contribution in [0.5, 0.6) is 0 Å². The van der Waals surface area contributed by atoms with E-state index >= 15 is 4.39 Å². The first-order valence-corrected chi connectivity index (χ1v) is 9.25. The quantitative estimate of drug-likeness (QED) is 0.343. The summed E-state index contributed by atoms with van der Waals surface area (Å²) in [5.41, 5.74) is -1.86. The highest BCUT2D eigenvalue weighted by molar-refractivity contribution is 5.91. The largest absolute Gasteiger partial charge is 0.477 e. The number of hydrogen-bond donors (Lipinski definition) is 1. The number of halogens is 5. The zero-order valence-corrected chi connectivity index (χ0v) is 15.5. The van der Waals surface area contributed by atoms with Crippen molar-refractivity contribution in [3.63, 3.8) is 0 Å². The van der Waals surface area contributed by atoms with Gasteiger partial charge in [-0.2, -0.15) is 0 Å². The van der Waals surface area contributed by atoms with E-state index in [2.05, 4.69) is 6.58 Å². The zero-order valence-electron chi connectivity index (χ0n) is 15.5. The average molecular weight is 410 g/mol. The third-order valence-electron chi connectivity index (χ3n) is 5.52. The molecule has 0 heterocycles. The van der Waals surface area contributed by atoms with Gasteiger partial charge in [-0.15, -0.1) is 6.58 Å². The second-order valence-electron chi connectivity index (χ2n) is 7.31. The lowest BCUT2D eigenvalue weighted by Gasteiger charge is -2.30. The highest BCUT2D eigenvalue weighted by Crippen LogP contribution is 2.43. The summed E-state index contributed by atoms with van der Waals surface area (Å²) in [6.45, 7) is 3.70. The molecule has 1 fully saturated rings.